The molecule has 0 unspecified atom stereocenters. The lowest BCUT2D eigenvalue weighted by molar-refractivity contribution is 0.479. The third kappa shape index (κ3) is 4.13. The zero-order valence-electron chi connectivity index (χ0n) is 28.4. The van der Waals surface area contributed by atoms with E-state index in [0.717, 1.165) is 89.2 Å². The number of furan rings is 1. The first-order chi connectivity index (χ1) is 26.3. The molecule has 8 aromatic carbocycles. The number of benzene rings is 8. The second-order valence-electron chi connectivity index (χ2n) is 14.0. The zero-order chi connectivity index (χ0) is 34.6. The monoisotopic (exact) mass is 677 g/mol. The lowest BCUT2D eigenvalue weighted by Gasteiger charge is -2.33. The summed E-state index contributed by atoms with van der Waals surface area (Å²) in [6.45, 7) is -0.295. The van der Waals surface area contributed by atoms with Gasteiger partial charge in [-0.1, -0.05) is 115 Å². The fourth-order valence-electron chi connectivity index (χ4n) is 8.73. The molecule has 2 aromatic heterocycles. The maximum atomic E-state index is 7.00. The van der Waals surface area contributed by atoms with E-state index in [1.54, 1.807) is 0 Å². The van der Waals surface area contributed by atoms with Crippen LogP contribution in [0.1, 0.15) is 0 Å². The molecule has 5 heteroatoms. The highest BCUT2D eigenvalue weighted by Crippen LogP contribution is 2.44. The lowest BCUT2D eigenvalue weighted by atomic mass is 9.51. The molecule has 4 heterocycles. The predicted molar refractivity (Wildman–Crippen MR) is 217 cm³/mol. The predicted octanol–water partition coefficient (Wildman–Crippen LogP) is 11.3. The van der Waals surface area contributed by atoms with Crippen molar-refractivity contribution in [2.75, 3.05) is 0 Å². The van der Waals surface area contributed by atoms with Gasteiger partial charge in [-0.3, -0.25) is 0 Å². The van der Waals surface area contributed by atoms with E-state index < -0.39 is 0 Å². The number of fused-ring (bicyclic) bond motifs is 10. The van der Waals surface area contributed by atoms with E-state index in [1.165, 1.54) is 21.8 Å². The molecule has 4 nitrogen and oxygen atoms in total. The van der Waals surface area contributed by atoms with Crippen molar-refractivity contribution >= 4 is 61.6 Å². The van der Waals surface area contributed by atoms with Crippen LogP contribution in [0.4, 0.5) is 0 Å². The van der Waals surface area contributed by atoms with Gasteiger partial charge in [-0.25, -0.2) is 0 Å². The first kappa shape index (κ1) is 28.7. The summed E-state index contributed by atoms with van der Waals surface area (Å²) < 4.78 is 22.3. The lowest BCUT2D eigenvalue weighted by Crippen LogP contribution is -2.53. The number of hydrogen-bond donors (Lipinski definition) is 0. The number of ether oxygens (including phenoxy) is 1. The van der Waals surface area contributed by atoms with Gasteiger partial charge in [0.2, 0.25) is 0 Å². The van der Waals surface area contributed by atoms with E-state index in [2.05, 4.69) is 156 Å². The Morgan fingerprint density at radius 1 is 0.434 bits per heavy atom. The highest BCUT2D eigenvalue weighted by Gasteiger charge is 2.40. The Morgan fingerprint density at radius 2 is 1.11 bits per heavy atom. The summed E-state index contributed by atoms with van der Waals surface area (Å²) in [6, 6.07) is 59.9. The molecule has 0 atom stereocenters. The molecule has 0 radical (unpaired) electrons. The van der Waals surface area contributed by atoms with Crippen LogP contribution in [0.5, 0.6) is 17.2 Å². The van der Waals surface area contributed by atoms with Crippen molar-refractivity contribution in [2.24, 2.45) is 0 Å². The molecule has 2 aliphatic rings. The van der Waals surface area contributed by atoms with Gasteiger partial charge in [0.05, 0.1) is 11.0 Å². The van der Waals surface area contributed by atoms with Crippen molar-refractivity contribution in [3.8, 4) is 56.3 Å². The Labute approximate surface area is 305 Å². The van der Waals surface area contributed by atoms with Crippen molar-refractivity contribution in [2.45, 2.75) is 0 Å². The average Bonchev–Trinajstić information content (AvgIpc) is 3.77. The molecule has 0 bridgehead atoms. The third-order valence-electron chi connectivity index (χ3n) is 11.1. The Balaban J connectivity index is 0.953. The number of rotatable bonds is 3. The smallest absolute Gasteiger partial charge is 0.434 e. The standard InChI is InChI=1S/C48H28BNO3/c1-4-17-40-34(12-1)35-13-2-5-18-41(35)50(40)32-11-7-10-29(26-32)30-23-25-39-46(27-30)52-44-21-9-16-37-36-24-22-31(28-45(36)53-49(39)48(37)44)33-15-8-20-43-47(33)38-14-3-6-19-42(38)51-43/h1-28H. The van der Waals surface area contributed by atoms with E-state index in [-0.39, 0.29) is 6.92 Å². The SMILES string of the molecule is c1cc(-c2ccc3c(c2)Oc2cccc4c2B3Oc2cc(-c3cccc5oc6ccccc6c35)ccc2-4)cc(-n2c3ccccc3c3ccccc32)c1. The first-order valence-corrected chi connectivity index (χ1v) is 18.0. The van der Waals surface area contributed by atoms with E-state index in [1.807, 2.05) is 18.2 Å². The summed E-state index contributed by atoms with van der Waals surface area (Å²) in [6.07, 6.45) is 0. The first-order valence-electron chi connectivity index (χ1n) is 18.0. The number of hydrogen-bond acceptors (Lipinski definition) is 3. The van der Waals surface area contributed by atoms with Crippen LogP contribution in [-0.4, -0.2) is 11.5 Å². The Bertz CT molecular complexity index is 3100. The maximum Gasteiger partial charge on any atom is 0.434 e. The molecule has 0 aliphatic carbocycles. The van der Waals surface area contributed by atoms with Gasteiger partial charge in [-0.2, -0.15) is 0 Å². The molecule has 53 heavy (non-hydrogen) atoms. The molecule has 0 amide bonds. The van der Waals surface area contributed by atoms with Gasteiger partial charge in [0.15, 0.2) is 0 Å². The van der Waals surface area contributed by atoms with Gasteiger partial charge in [0.25, 0.3) is 0 Å². The zero-order valence-corrected chi connectivity index (χ0v) is 28.4. The molecule has 0 spiro atoms. The normalized spacial score (nSPS) is 12.8. The van der Waals surface area contributed by atoms with Crippen molar-refractivity contribution < 1.29 is 13.8 Å². The fraction of sp³-hybridized carbons (Fsp3) is 0. The van der Waals surface area contributed by atoms with Gasteiger partial charge in [-0.15, -0.1) is 0 Å². The van der Waals surface area contributed by atoms with Gasteiger partial charge in [0, 0.05) is 43.7 Å². The molecule has 246 valence electrons. The molecule has 12 rings (SSSR count). The molecule has 0 saturated heterocycles. The van der Waals surface area contributed by atoms with Crippen LogP contribution in [-0.2, 0) is 0 Å². The summed E-state index contributed by atoms with van der Waals surface area (Å²) >= 11 is 0. The second kappa shape index (κ2) is 10.8. The molecule has 2 aliphatic heterocycles. The minimum Gasteiger partial charge on any atom is -0.551 e. The summed E-state index contributed by atoms with van der Waals surface area (Å²) in [5.74, 6) is 2.51. The van der Waals surface area contributed by atoms with Crippen molar-refractivity contribution in [3.05, 3.63) is 170 Å². The van der Waals surface area contributed by atoms with Crippen LogP contribution in [0.2, 0.25) is 0 Å². The van der Waals surface area contributed by atoms with Crippen molar-refractivity contribution in [1.82, 2.24) is 4.57 Å². The Kier molecular flexibility index (Phi) is 5.83. The van der Waals surface area contributed by atoms with E-state index in [4.69, 9.17) is 13.8 Å². The number of nitrogens with zero attached hydrogens (tertiary/aromatic N) is 1. The van der Waals surface area contributed by atoms with Crippen LogP contribution in [0.15, 0.2) is 174 Å². The molecular weight excluding hydrogens is 649 g/mol. The number of aromatic nitrogens is 1. The van der Waals surface area contributed by atoms with Crippen molar-refractivity contribution in [1.29, 1.82) is 0 Å². The second-order valence-corrected chi connectivity index (χ2v) is 14.0. The topological polar surface area (TPSA) is 36.5 Å². The van der Waals surface area contributed by atoms with Gasteiger partial charge in [-0.05, 0) is 82.4 Å². The van der Waals surface area contributed by atoms with Crippen LogP contribution < -0.4 is 20.3 Å². The van der Waals surface area contributed by atoms with Crippen LogP contribution >= 0.6 is 0 Å². The van der Waals surface area contributed by atoms with Crippen LogP contribution in [0.25, 0.3) is 82.8 Å². The summed E-state index contributed by atoms with van der Waals surface area (Å²) in [5.41, 5.74) is 14.0. The quantitative estimate of drug-likeness (QED) is 0.175. The minimum absolute atomic E-state index is 0.295. The highest BCUT2D eigenvalue weighted by molar-refractivity contribution is 6.84. The summed E-state index contributed by atoms with van der Waals surface area (Å²) in [7, 11) is 0. The Morgan fingerprint density at radius 3 is 1.98 bits per heavy atom. The van der Waals surface area contributed by atoms with Crippen LogP contribution in [0.3, 0.4) is 0 Å². The summed E-state index contributed by atoms with van der Waals surface area (Å²) in [5, 5.41) is 4.73. The largest absolute Gasteiger partial charge is 0.551 e. The number of para-hydroxylation sites is 3. The molecule has 0 saturated carbocycles. The fourth-order valence-corrected chi connectivity index (χ4v) is 8.73. The minimum atomic E-state index is -0.295. The average molecular weight is 678 g/mol. The van der Waals surface area contributed by atoms with E-state index >= 15 is 0 Å². The maximum absolute atomic E-state index is 7.00. The van der Waals surface area contributed by atoms with Crippen LogP contribution in [0, 0.1) is 0 Å². The third-order valence-corrected chi connectivity index (χ3v) is 11.1. The van der Waals surface area contributed by atoms with Gasteiger partial charge in [0.1, 0.15) is 28.4 Å². The molecule has 10 aromatic rings. The van der Waals surface area contributed by atoms with E-state index in [9.17, 15) is 0 Å². The van der Waals surface area contributed by atoms with Gasteiger partial charge < -0.3 is 18.4 Å². The van der Waals surface area contributed by atoms with Crippen molar-refractivity contribution in [3.63, 3.8) is 0 Å². The highest BCUT2D eigenvalue weighted by atomic mass is 16.5. The molecular formula is C48H28BNO3. The van der Waals surface area contributed by atoms with Gasteiger partial charge >= 0.3 is 6.92 Å². The Hall–Kier alpha value is -6.98. The van der Waals surface area contributed by atoms with E-state index in [0.29, 0.717) is 0 Å². The molecule has 0 fully saturated rings. The summed E-state index contributed by atoms with van der Waals surface area (Å²) in [4.78, 5) is 0. The molecule has 0 N–H and O–H groups in total.